The first-order chi connectivity index (χ1) is 5.36. The Morgan fingerprint density at radius 3 is 3.00 bits per heavy atom. The average molecular weight is 172 g/mol. The summed E-state index contributed by atoms with van der Waals surface area (Å²) in [5, 5.41) is 4.57. The van der Waals surface area contributed by atoms with Crippen molar-refractivity contribution in [3.8, 4) is 0 Å². The van der Waals surface area contributed by atoms with Gasteiger partial charge in [0, 0.05) is 0 Å². The molecule has 0 amide bonds. The van der Waals surface area contributed by atoms with Crippen molar-refractivity contribution in [3.63, 3.8) is 0 Å². The lowest BCUT2D eigenvalue weighted by atomic mass is 9.88. The molecular formula is C8H10ClNO. The molecule has 2 aliphatic carbocycles. The van der Waals surface area contributed by atoms with Crippen LogP contribution in [0, 0.1) is 17.8 Å². The van der Waals surface area contributed by atoms with Crippen molar-refractivity contribution in [3.05, 3.63) is 0 Å². The third-order valence-electron chi connectivity index (χ3n) is 3.38. The van der Waals surface area contributed by atoms with Gasteiger partial charge < -0.3 is 4.84 Å². The Balaban J connectivity index is 1.96. The van der Waals surface area contributed by atoms with Gasteiger partial charge in [-0.05, 0) is 31.1 Å². The smallest absolute Gasteiger partial charge is 0.152 e. The van der Waals surface area contributed by atoms with Gasteiger partial charge in [0.2, 0.25) is 0 Å². The molecule has 3 rings (SSSR count). The second-order valence-electron chi connectivity index (χ2n) is 3.84. The Morgan fingerprint density at radius 1 is 1.36 bits per heavy atom. The van der Waals surface area contributed by atoms with Crippen molar-refractivity contribution in [2.75, 3.05) is 0 Å². The van der Waals surface area contributed by atoms with Crippen LogP contribution in [0.4, 0.5) is 0 Å². The molecule has 11 heavy (non-hydrogen) atoms. The van der Waals surface area contributed by atoms with Crippen LogP contribution >= 0.6 is 11.6 Å². The van der Waals surface area contributed by atoms with E-state index in [2.05, 4.69) is 5.16 Å². The highest BCUT2D eigenvalue weighted by Crippen LogP contribution is 2.52. The maximum absolute atomic E-state index is 5.93. The maximum atomic E-state index is 5.93. The summed E-state index contributed by atoms with van der Waals surface area (Å²) in [5.74, 6) is 2.00. The summed E-state index contributed by atoms with van der Waals surface area (Å²) in [6, 6.07) is 0. The van der Waals surface area contributed by atoms with Gasteiger partial charge in [0.15, 0.2) is 5.17 Å². The highest BCUT2D eigenvalue weighted by atomic mass is 35.5. The third kappa shape index (κ3) is 0.664. The third-order valence-corrected chi connectivity index (χ3v) is 3.70. The number of fused-ring (bicyclic) bond motifs is 5. The van der Waals surface area contributed by atoms with Gasteiger partial charge in [-0.2, -0.15) is 0 Å². The number of halogens is 1. The van der Waals surface area contributed by atoms with Crippen LogP contribution in [0.2, 0.25) is 0 Å². The fourth-order valence-electron chi connectivity index (χ4n) is 2.89. The van der Waals surface area contributed by atoms with E-state index in [1.165, 1.54) is 19.3 Å². The van der Waals surface area contributed by atoms with E-state index >= 15 is 0 Å². The van der Waals surface area contributed by atoms with Crippen molar-refractivity contribution >= 4 is 16.8 Å². The van der Waals surface area contributed by atoms with E-state index in [4.69, 9.17) is 16.4 Å². The predicted molar refractivity (Wildman–Crippen MR) is 42.5 cm³/mol. The lowest BCUT2D eigenvalue weighted by Gasteiger charge is -2.20. The molecule has 0 aromatic rings. The Labute approximate surface area is 70.5 Å². The van der Waals surface area contributed by atoms with Crippen molar-refractivity contribution in [1.29, 1.82) is 0 Å². The van der Waals surface area contributed by atoms with Gasteiger partial charge in [0.25, 0.3) is 0 Å². The molecule has 2 fully saturated rings. The van der Waals surface area contributed by atoms with Crippen molar-refractivity contribution < 1.29 is 4.84 Å². The molecule has 3 aliphatic rings. The number of oxime groups is 1. The first kappa shape index (κ1) is 6.30. The van der Waals surface area contributed by atoms with Crippen molar-refractivity contribution in [2.24, 2.45) is 22.9 Å². The Hall–Kier alpha value is -0.240. The van der Waals surface area contributed by atoms with Gasteiger partial charge in [-0.1, -0.05) is 16.8 Å². The number of hydrogen-bond acceptors (Lipinski definition) is 2. The van der Waals surface area contributed by atoms with Crippen molar-refractivity contribution in [2.45, 2.75) is 25.4 Å². The zero-order valence-corrected chi connectivity index (χ0v) is 6.92. The SMILES string of the molecule is ClC1=NOC2C3CCC(C3)C12. The molecule has 0 radical (unpaired) electrons. The first-order valence-corrected chi connectivity index (χ1v) is 4.63. The van der Waals surface area contributed by atoms with E-state index in [1.807, 2.05) is 0 Å². The largest absolute Gasteiger partial charge is 0.390 e. The van der Waals surface area contributed by atoms with E-state index in [-0.39, 0.29) is 0 Å². The first-order valence-electron chi connectivity index (χ1n) is 4.25. The molecule has 2 nitrogen and oxygen atoms in total. The Bertz CT molecular complexity index is 228. The summed E-state index contributed by atoms with van der Waals surface area (Å²) in [4.78, 5) is 5.28. The summed E-state index contributed by atoms with van der Waals surface area (Å²) in [7, 11) is 0. The molecule has 3 heteroatoms. The Kier molecular flexibility index (Phi) is 1.10. The molecule has 0 spiro atoms. The minimum atomic E-state index is 0.348. The van der Waals surface area contributed by atoms with E-state index in [1.54, 1.807) is 0 Å². The topological polar surface area (TPSA) is 21.6 Å². The van der Waals surface area contributed by atoms with Crippen LogP contribution in [0.3, 0.4) is 0 Å². The molecule has 60 valence electrons. The van der Waals surface area contributed by atoms with Crippen LogP contribution in [0.25, 0.3) is 0 Å². The number of hydrogen-bond donors (Lipinski definition) is 0. The zero-order valence-electron chi connectivity index (χ0n) is 6.16. The normalized spacial score (nSPS) is 52.3. The molecule has 4 unspecified atom stereocenters. The van der Waals surface area contributed by atoms with Gasteiger partial charge in [0.1, 0.15) is 6.10 Å². The second-order valence-corrected chi connectivity index (χ2v) is 4.23. The molecule has 1 heterocycles. The molecule has 0 aromatic heterocycles. The van der Waals surface area contributed by atoms with Crippen LogP contribution in [-0.4, -0.2) is 11.3 Å². The van der Waals surface area contributed by atoms with Crippen LogP contribution in [0.1, 0.15) is 19.3 Å². The molecule has 1 aliphatic heterocycles. The summed E-state index contributed by atoms with van der Waals surface area (Å²) in [6.45, 7) is 0. The molecule has 4 atom stereocenters. The van der Waals surface area contributed by atoms with Crippen LogP contribution in [0.5, 0.6) is 0 Å². The number of nitrogens with zero attached hydrogens (tertiary/aromatic N) is 1. The van der Waals surface area contributed by atoms with Crippen LogP contribution in [-0.2, 0) is 4.84 Å². The van der Waals surface area contributed by atoms with Gasteiger partial charge in [-0.3, -0.25) is 0 Å². The summed E-state index contributed by atoms with van der Waals surface area (Å²) >= 11 is 5.93. The summed E-state index contributed by atoms with van der Waals surface area (Å²) in [6.07, 6.45) is 4.33. The second kappa shape index (κ2) is 1.92. The average Bonchev–Trinajstić information content (AvgIpc) is 2.60. The number of rotatable bonds is 0. The lowest BCUT2D eigenvalue weighted by molar-refractivity contribution is 0.0275. The fraction of sp³-hybridized carbons (Fsp3) is 0.875. The Morgan fingerprint density at radius 2 is 2.18 bits per heavy atom. The van der Waals surface area contributed by atoms with Gasteiger partial charge >= 0.3 is 0 Å². The van der Waals surface area contributed by atoms with Gasteiger partial charge in [-0.15, -0.1) is 0 Å². The van der Waals surface area contributed by atoms with Crippen LogP contribution < -0.4 is 0 Å². The molecule has 2 saturated carbocycles. The molecule has 0 aromatic carbocycles. The zero-order chi connectivity index (χ0) is 7.42. The van der Waals surface area contributed by atoms with E-state index in [0.717, 1.165) is 17.0 Å². The van der Waals surface area contributed by atoms with E-state index < -0.39 is 0 Å². The lowest BCUT2D eigenvalue weighted by Crippen LogP contribution is -2.27. The molecule has 0 saturated heterocycles. The monoisotopic (exact) mass is 171 g/mol. The van der Waals surface area contributed by atoms with Crippen molar-refractivity contribution in [1.82, 2.24) is 0 Å². The predicted octanol–water partition coefficient (Wildman–Crippen LogP) is 1.98. The summed E-state index contributed by atoms with van der Waals surface area (Å²) < 4.78 is 0. The van der Waals surface area contributed by atoms with E-state index in [9.17, 15) is 0 Å². The quantitative estimate of drug-likeness (QED) is 0.546. The van der Waals surface area contributed by atoms with E-state index in [0.29, 0.717) is 12.0 Å². The standard InChI is InChI=1S/C8H10ClNO/c9-8-6-4-1-2-5(3-4)7(6)11-10-8/h4-7H,1-3H2. The molecule has 0 N–H and O–H groups in total. The fourth-order valence-corrected chi connectivity index (χ4v) is 3.23. The van der Waals surface area contributed by atoms with Gasteiger partial charge in [0.05, 0.1) is 5.92 Å². The maximum Gasteiger partial charge on any atom is 0.152 e. The molecular weight excluding hydrogens is 162 g/mol. The highest BCUT2D eigenvalue weighted by molar-refractivity contribution is 6.66. The minimum absolute atomic E-state index is 0.348. The highest BCUT2D eigenvalue weighted by Gasteiger charge is 2.53. The van der Waals surface area contributed by atoms with Gasteiger partial charge in [-0.25, -0.2) is 0 Å². The molecule has 2 bridgehead atoms. The minimum Gasteiger partial charge on any atom is -0.390 e. The summed E-state index contributed by atoms with van der Waals surface area (Å²) in [5.41, 5.74) is 0. The van der Waals surface area contributed by atoms with Crippen LogP contribution in [0.15, 0.2) is 5.16 Å².